The van der Waals surface area contributed by atoms with Crippen molar-refractivity contribution in [3.05, 3.63) is 76.1 Å². The Morgan fingerprint density at radius 2 is 1.84 bits per heavy atom. The first-order valence-corrected chi connectivity index (χ1v) is 14.0. The van der Waals surface area contributed by atoms with Crippen LogP contribution in [0, 0.1) is 6.92 Å². The lowest BCUT2D eigenvalue weighted by Gasteiger charge is -2.18. The number of ketones is 1. The number of nitrogens with one attached hydrogen (secondary N) is 2. The second-order valence-corrected chi connectivity index (χ2v) is 10.5. The third kappa shape index (κ3) is 6.89. The number of aromatic amines is 1. The molecule has 0 aliphatic rings. The summed E-state index contributed by atoms with van der Waals surface area (Å²) in [6.45, 7) is 3.93. The van der Waals surface area contributed by atoms with Crippen LogP contribution in [0.3, 0.4) is 0 Å². The number of aryl methyl sites for hydroxylation is 1. The van der Waals surface area contributed by atoms with Crippen LogP contribution in [0.15, 0.2) is 60.0 Å². The molecule has 0 saturated carbocycles. The van der Waals surface area contributed by atoms with E-state index in [4.69, 9.17) is 4.74 Å². The van der Waals surface area contributed by atoms with Crippen molar-refractivity contribution in [2.24, 2.45) is 0 Å². The summed E-state index contributed by atoms with van der Waals surface area (Å²) in [6.07, 6.45) is 5.26. The molecule has 6 heteroatoms. The number of Topliss-reactive ketones (excluding diaryl/α,β-unsaturated/α-hetero) is 1. The molecule has 0 aliphatic heterocycles. The summed E-state index contributed by atoms with van der Waals surface area (Å²) in [5.74, 6) is 1.11. The quantitative estimate of drug-likeness (QED) is 0.180. The van der Waals surface area contributed by atoms with Gasteiger partial charge in [-0.25, -0.2) is 0 Å². The minimum atomic E-state index is -0.0584. The number of hydrogen-bond donors (Lipinski definition) is 2. The number of aromatic nitrogens is 1. The van der Waals surface area contributed by atoms with Crippen LogP contribution in [-0.4, -0.2) is 23.8 Å². The van der Waals surface area contributed by atoms with E-state index >= 15 is 0 Å². The van der Waals surface area contributed by atoms with Gasteiger partial charge in [0.15, 0.2) is 0 Å². The number of carbonyl (C=O) groups is 2. The lowest BCUT2D eigenvalue weighted by atomic mass is 10.0. The third-order valence-electron chi connectivity index (χ3n) is 6.91. The molecule has 0 aliphatic carbocycles. The maximum Gasteiger partial charge on any atom is 0.225 e. The van der Waals surface area contributed by atoms with Crippen molar-refractivity contribution in [1.82, 2.24) is 10.3 Å². The highest BCUT2D eigenvalue weighted by Gasteiger charge is 2.20. The maximum atomic E-state index is 13.3. The lowest BCUT2D eigenvalue weighted by molar-refractivity contribution is -0.121. The van der Waals surface area contributed by atoms with Crippen LogP contribution in [0.4, 0.5) is 0 Å². The van der Waals surface area contributed by atoms with Crippen molar-refractivity contribution in [2.75, 3.05) is 7.11 Å². The molecule has 2 heterocycles. The number of rotatable bonds is 13. The number of unbranched alkanes of at least 4 members (excludes halogenated alkanes) is 2. The zero-order valence-electron chi connectivity index (χ0n) is 21.9. The fraction of sp³-hybridized carbons (Fsp3) is 0.355. The number of benzene rings is 2. The molecule has 1 atom stereocenters. The van der Waals surface area contributed by atoms with Crippen LogP contribution >= 0.6 is 11.3 Å². The van der Waals surface area contributed by atoms with Crippen molar-refractivity contribution >= 4 is 33.9 Å². The molecule has 4 aromatic rings. The van der Waals surface area contributed by atoms with Crippen LogP contribution in [0.1, 0.15) is 67.6 Å². The van der Waals surface area contributed by atoms with E-state index in [1.165, 1.54) is 11.1 Å². The van der Waals surface area contributed by atoms with E-state index in [1.807, 2.05) is 50.2 Å². The van der Waals surface area contributed by atoms with Gasteiger partial charge in [0.1, 0.15) is 11.5 Å². The highest BCUT2D eigenvalue weighted by molar-refractivity contribution is 7.10. The minimum absolute atomic E-state index is 0.00708. The number of methoxy groups -OCH3 is 1. The Bertz CT molecular complexity index is 1340. The highest BCUT2D eigenvalue weighted by atomic mass is 32.1. The minimum Gasteiger partial charge on any atom is -0.497 e. The molecule has 1 unspecified atom stereocenters. The lowest BCUT2D eigenvalue weighted by Crippen LogP contribution is -2.29. The van der Waals surface area contributed by atoms with Crippen molar-refractivity contribution < 1.29 is 14.3 Å². The summed E-state index contributed by atoms with van der Waals surface area (Å²) in [7, 11) is 1.65. The SMILES string of the molecule is CCC(=O)CCCCCC(NC(=O)Cc1c(C)[nH]c2ccc(OC)cc12)c1cc(-c2ccccc2)cs1. The van der Waals surface area contributed by atoms with Crippen molar-refractivity contribution in [3.63, 3.8) is 0 Å². The van der Waals surface area contributed by atoms with Crippen molar-refractivity contribution in [3.8, 4) is 16.9 Å². The van der Waals surface area contributed by atoms with Gasteiger partial charge in [-0.2, -0.15) is 0 Å². The number of fused-ring (bicyclic) bond motifs is 1. The molecule has 2 aromatic carbocycles. The Labute approximate surface area is 223 Å². The largest absolute Gasteiger partial charge is 0.497 e. The molecule has 0 spiro atoms. The zero-order chi connectivity index (χ0) is 26.2. The number of ether oxygens (including phenoxy) is 1. The van der Waals surface area contributed by atoms with Gasteiger partial charge < -0.3 is 15.0 Å². The van der Waals surface area contributed by atoms with E-state index in [0.29, 0.717) is 25.0 Å². The molecule has 4 rings (SSSR count). The topological polar surface area (TPSA) is 71.2 Å². The van der Waals surface area contributed by atoms with Crippen molar-refractivity contribution in [1.29, 1.82) is 0 Å². The molecular formula is C31H36N2O3S. The maximum absolute atomic E-state index is 13.3. The Kier molecular flexibility index (Phi) is 9.18. The van der Waals surface area contributed by atoms with Gasteiger partial charge in [-0.1, -0.05) is 50.1 Å². The fourth-order valence-corrected chi connectivity index (χ4v) is 5.75. The second kappa shape index (κ2) is 12.7. The summed E-state index contributed by atoms with van der Waals surface area (Å²) >= 11 is 1.69. The Hall–Kier alpha value is -3.38. The summed E-state index contributed by atoms with van der Waals surface area (Å²) in [4.78, 5) is 29.6. The van der Waals surface area contributed by atoms with Crippen LogP contribution < -0.4 is 10.1 Å². The average molecular weight is 517 g/mol. The average Bonchev–Trinajstić information content (AvgIpc) is 3.53. The van der Waals surface area contributed by atoms with Gasteiger partial charge in [0, 0.05) is 34.3 Å². The molecular weight excluding hydrogens is 480 g/mol. The van der Waals surface area contributed by atoms with E-state index < -0.39 is 0 Å². The highest BCUT2D eigenvalue weighted by Crippen LogP contribution is 2.32. The monoisotopic (exact) mass is 516 g/mol. The van der Waals surface area contributed by atoms with E-state index in [2.05, 4.69) is 33.9 Å². The van der Waals surface area contributed by atoms with Crippen LogP contribution in [0.2, 0.25) is 0 Å². The van der Waals surface area contributed by atoms with Gasteiger partial charge in [-0.3, -0.25) is 9.59 Å². The Morgan fingerprint density at radius 3 is 2.59 bits per heavy atom. The first-order valence-electron chi connectivity index (χ1n) is 13.1. The predicted octanol–water partition coefficient (Wildman–Crippen LogP) is 7.54. The summed E-state index contributed by atoms with van der Waals surface area (Å²) in [6, 6.07) is 18.4. The zero-order valence-corrected chi connectivity index (χ0v) is 22.8. The second-order valence-electron chi connectivity index (χ2n) is 9.53. The van der Waals surface area contributed by atoms with Gasteiger partial charge in [-0.15, -0.1) is 11.3 Å². The number of H-pyrrole nitrogens is 1. The third-order valence-corrected chi connectivity index (χ3v) is 7.96. The smallest absolute Gasteiger partial charge is 0.225 e. The summed E-state index contributed by atoms with van der Waals surface area (Å²) in [5.41, 5.74) is 5.35. The fourth-order valence-electron chi connectivity index (χ4n) is 4.75. The van der Waals surface area contributed by atoms with Gasteiger partial charge in [0.2, 0.25) is 5.91 Å². The standard InChI is InChI=1S/C31H36N2O3S/c1-4-24(34)13-9-6-10-14-29(30-17-23(20-37-30)22-11-7-5-8-12-22)33-31(35)19-26-21(2)32-28-16-15-25(36-3)18-27(26)28/h5,7-8,11-12,15-18,20,29,32H,4,6,9-10,13-14,19H2,1-3H3,(H,33,35). The molecule has 0 radical (unpaired) electrons. The summed E-state index contributed by atoms with van der Waals surface area (Å²) < 4.78 is 5.40. The van der Waals surface area contributed by atoms with E-state index in [-0.39, 0.29) is 11.9 Å². The number of hydrogen-bond acceptors (Lipinski definition) is 4. The summed E-state index contributed by atoms with van der Waals surface area (Å²) in [5, 5.41) is 6.51. The molecule has 0 saturated heterocycles. The van der Waals surface area contributed by atoms with E-state index in [0.717, 1.165) is 58.5 Å². The van der Waals surface area contributed by atoms with Gasteiger partial charge in [-0.05, 0) is 66.1 Å². The van der Waals surface area contributed by atoms with Crippen LogP contribution in [0.25, 0.3) is 22.0 Å². The molecule has 2 aromatic heterocycles. The molecule has 37 heavy (non-hydrogen) atoms. The Morgan fingerprint density at radius 1 is 1.03 bits per heavy atom. The molecule has 5 nitrogen and oxygen atoms in total. The molecule has 0 fully saturated rings. The van der Waals surface area contributed by atoms with Gasteiger partial charge in [0.25, 0.3) is 0 Å². The molecule has 194 valence electrons. The molecule has 1 amide bonds. The Balaban J connectivity index is 1.48. The predicted molar refractivity (Wildman–Crippen MR) is 152 cm³/mol. The van der Waals surface area contributed by atoms with Gasteiger partial charge >= 0.3 is 0 Å². The van der Waals surface area contributed by atoms with Crippen molar-refractivity contribution in [2.45, 2.75) is 64.8 Å². The van der Waals surface area contributed by atoms with E-state index in [9.17, 15) is 9.59 Å². The van der Waals surface area contributed by atoms with Gasteiger partial charge in [0.05, 0.1) is 19.6 Å². The normalized spacial score (nSPS) is 12.0. The number of thiophene rings is 1. The first kappa shape index (κ1) is 26.7. The molecule has 0 bridgehead atoms. The first-order chi connectivity index (χ1) is 18.0. The number of amides is 1. The van der Waals surface area contributed by atoms with Crippen LogP contribution in [0.5, 0.6) is 5.75 Å². The number of carbonyl (C=O) groups excluding carboxylic acids is 2. The molecule has 2 N–H and O–H groups in total. The van der Waals surface area contributed by atoms with Crippen LogP contribution in [-0.2, 0) is 16.0 Å². The van der Waals surface area contributed by atoms with E-state index in [1.54, 1.807) is 18.4 Å².